The Kier molecular flexibility index (Phi) is 2.46. The quantitative estimate of drug-likeness (QED) is 0.729. The van der Waals surface area contributed by atoms with Crippen LogP contribution in [0.4, 0.5) is 8.78 Å². The minimum Gasteiger partial charge on any atom is -0.251 e. The predicted molar refractivity (Wildman–Crippen MR) is 46.2 cm³/mol. The smallest absolute Gasteiger partial charge is 0.251 e. The van der Waals surface area contributed by atoms with Crippen LogP contribution in [0.5, 0.6) is 0 Å². The van der Waals surface area contributed by atoms with E-state index >= 15 is 0 Å². The minimum absolute atomic E-state index is 0.191. The van der Waals surface area contributed by atoms with Gasteiger partial charge in [-0.15, -0.1) is 0 Å². The number of halogens is 3. The molecule has 0 spiro atoms. The van der Waals surface area contributed by atoms with E-state index < -0.39 is 5.92 Å². The van der Waals surface area contributed by atoms with E-state index in [0.29, 0.717) is 5.69 Å². The van der Waals surface area contributed by atoms with Crippen LogP contribution < -0.4 is 0 Å². The molecule has 0 bridgehead atoms. The molecule has 0 aliphatic rings. The molecule has 66 valence electrons. The van der Waals surface area contributed by atoms with E-state index in [1.807, 2.05) is 0 Å². The average Bonchev–Trinajstić information content (AvgIpc) is 1.92. The fourth-order valence-corrected chi connectivity index (χ4v) is 1.01. The van der Waals surface area contributed by atoms with Gasteiger partial charge in [0.05, 0.1) is 5.69 Å². The molecule has 1 nitrogen and oxygen atoms in total. The van der Waals surface area contributed by atoms with Crippen molar-refractivity contribution in [3.05, 3.63) is 28.0 Å². The molecule has 0 saturated carbocycles. The lowest BCUT2D eigenvalue weighted by molar-refractivity contribution is 0.0126. The van der Waals surface area contributed by atoms with Crippen LogP contribution in [0.25, 0.3) is 0 Å². The monoisotopic (exact) mass is 235 g/mol. The van der Waals surface area contributed by atoms with Crippen LogP contribution in [0.3, 0.4) is 0 Å². The van der Waals surface area contributed by atoms with Gasteiger partial charge < -0.3 is 0 Å². The van der Waals surface area contributed by atoms with Crippen LogP contribution in [0.2, 0.25) is 0 Å². The fourth-order valence-electron chi connectivity index (χ4n) is 0.789. The Morgan fingerprint density at radius 2 is 2.00 bits per heavy atom. The lowest BCUT2D eigenvalue weighted by Crippen LogP contribution is -2.10. The largest absolute Gasteiger partial charge is 0.286 e. The summed E-state index contributed by atoms with van der Waals surface area (Å²) in [5.41, 5.74) is 0.386. The Morgan fingerprint density at radius 3 is 2.42 bits per heavy atom. The maximum absolute atomic E-state index is 12.7. The van der Waals surface area contributed by atoms with Crippen LogP contribution >= 0.6 is 15.9 Å². The van der Waals surface area contributed by atoms with Gasteiger partial charge in [0.1, 0.15) is 5.69 Å². The number of aromatic nitrogens is 1. The topological polar surface area (TPSA) is 12.9 Å². The highest BCUT2D eigenvalue weighted by Crippen LogP contribution is 2.26. The third-order valence-electron chi connectivity index (χ3n) is 1.47. The summed E-state index contributed by atoms with van der Waals surface area (Å²) >= 11 is 3.19. The van der Waals surface area contributed by atoms with Crippen molar-refractivity contribution in [3.63, 3.8) is 0 Å². The summed E-state index contributed by atoms with van der Waals surface area (Å²) in [4.78, 5) is 3.75. The number of nitrogens with zero attached hydrogens (tertiary/aromatic N) is 1. The molecule has 0 atom stereocenters. The first-order chi connectivity index (χ1) is 5.41. The molecule has 1 aromatic rings. The molecule has 0 aliphatic carbocycles. The molecule has 0 amide bonds. The highest BCUT2D eigenvalue weighted by Gasteiger charge is 2.26. The average molecular weight is 236 g/mol. The molecule has 1 heterocycles. The van der Waals surface area contributed by atoms with Gasteiger partial charge in [0.15, 0.2) is 0 Å². The van der Waals surface area contributed by atoms with Crippen LogP contribution in [0.1, 0.15) is 18.3 Å². The summed E-state index contributed by atoms with van der Waals surface area (Å²) in [6.45, 7) is 2.52. The van der Waals surface area contributed by atoms with E-state index in [9.17, 15) is 8.78 Å². The van der Waals surface area contributed by atoms with Gasteiger partial charge in [-0.05, 0) is 35.0 Å². The first-order valence-electron chi connectivity index (χ1n) is 3.42. The molecular formula is C8H8BrF2N. The zero-order valence-corrected chi connectivity index (χ0v) is 8.32. The molecule has 1 aromatic heterocycles. The highest BCUT2D eigenvalue weighted by molar-refractivity contribution is 9.10. The third-order valence-corrected chi connectivity index (χ3v) is 2.31. The standard InChI is InChI=1S/C8H8BrF2N/c1-5-6(9)3-4-7(12-5)8(2,10)11/h3-4H,1-2H3. The summed E-state index contributed by atoms with van der Waals surface area (Å²) in [6.07, 6.45) is 0. The van der Waals surface area contributed by atoms with Crippen molar-refractivity contribution >= 4 is 15.9 Å². The van der Waals surface area contributed by atoms with Gasteiger partial charge in [-0.1, -0.05) is 0 Å². The summed E-state index contributed by atoms with van der Waals surface area (Å²) in [5, 5.41) is 0. The van der Waals surface area contributed by atoms with Crippen molar-refractivity contribution < 1.29 is 8.78 Å². The molecular weight excluding hydrogens is 228 g/mol. The van der Waals surface area contributed by atoms with Crippen molar-refractivity contribution in [3.8, 4) is 0 Å². The zero-order valence-electron chi connectivity index (χ0n) is 6.74. The van der Waals surface area contributed by atoms with Gasteiger partial charge in [-0.3, -0.25) is 4.98 Å². The Hall–Kier alpha value is -0.510. The Bertz CT molecular complexity index is 294. The molecule has 0 aromatic carbocycles. The molecule has 1 rings (SSSR count). The number of alkyl halides is 2. The fraction of sp³-hybridized carbons (Fsp3) is 0.375. The molecule has 0 saturated heterocycles. The van der Waals surface area contributed by atoms with Gasteiger partial charge in [-0.25, -0.2) is 0 Å². The molecule has 4 heteroatoms. The maximum Gasteiger partial charge on any atom is 0.286 e. The van der Waals surface area contributed by atoms with Crippen LogP contribution in [-0.4, -0.2) is 4.98 Å². The SMILES string of the molecule is Cc1nc(C(C)(F)F)ccc1Br. The van der Waals surface area contributed by atoms with E-state index in [4.69, 9.17) is 0 Å². The number of hydrogen-bond acceptors (Lipinski definition) is 1. The number of hydrogen-bond donors (Lipinski definition) is 0. The summed E-state index contributed by atoms with van der Waals surface area (Å²) in [6, 6.07) is 2.89. The molecule has 0 fully saturated rings. The summed E-state index contributed by atoms with van der Waals surface area (Å²) in [7, 11) is 0. The van der Waals surface area contributed by atoms with Gasteiger partial charge >= 0.3 is 0 Å². The summed E-state index contributed by atoms with van der Waals surface area (Å²) < 4.78 is 26.1. The number of aryl methyl sites for hydroxylation is 1. The van der Waals surface area contributed by atoms with E-state index in [1.165, 1.54) is 6.07 Å². The molecule has 0 radical (unpaired) electrons. The van der Waals surface area contributed by atoms with Gasteiger partial charge in [0, 0.05) is 11.4 Å². The number of rotatable bonds is 1. The van der Waals surface area contributed by atoms with Gasteiger partial charge in [-0.2, -0.15) is 8.78 Å². The Morgan fingerprint density at radius 1 is 1.42 bits per heavy atom. The van der Waals surface area contributed by atoms with Crippen LogP contribution in [0, 0.1) is 6.92 Å². The van der Waals surface area contributed by atoms with E-state index in [2.05, 4.69) is 20.9 Å². The second-order valence-electron chi connectivity index (χ2n) is 2.65. The van der Waals surface area contributed by atoms with Gasteiger partial charge in [0.2, 0.25) is 0 Å². The molecule has 0 unspecified atom stereocenters. The molecule has 0 aliphatic heterocycles. The van der Waals surface area contributed by atoms with Gasteiger partial charge in [0.25, 0.3) is 5.92 Å². The Balaban J connectivity index is 3.14. The zero-order chi connectivity index (χ0) is 9.35. The third kappa shape index (κ3) is 2.00. The van der Waals surface area contributed by atoms with Crippen molar-refractivity contribution in [2.45, 2.75) is 19.8 Å². The van der Waals surface area contributed by atoms with E-state index in [-0.39, 0.29) is 5.69 Å². The lowest BCUT2D eigenvalue weighted by atomic mass is 10.2. The van der Waals surface area contributed by atoms with Crippen molar-refractivity contribution in [1.82, 2.24) is 4.98 Å². The highest BCUT2D eigenvalue weighted by atomic mass is 79.9. The molecule has 12 heavy (non-hydrogen) atoms. The molecule has 0 N–H and O–H groups in total. The van der Waals surface area contributed by atoms with E-state index in [1.54, 1.807) is 13.0 Å². The minimum atomic E-state index is -2.86. The van der Waals surface area contributed by atoms with Crippen molar-refractivity contribution in [2.24, 2.45) is 0 Å². The first-order valence-corrected chi connectivity index (χ1v) is 4.22. The van der Waals surface area contributed by atoms with E-state index in [0.717, 1.165) is 11.4 Å². The van der Waals surface area contributed by atoms with Crippen molar-refractivity contribution in [2.75, 3.05) is 0 Å². The van der Waals surface area contributed by atoms with Crippen molar-refractivity contribution in [1.29, 1.82) is 0 Å². The second kappa shape index (κ2) is 3.09. The normalized spacial score (nSPS) is 11.8. The lowest BCUT2D eigenvalue weighted by Gasteiger charge is -2.10. The maximum atomic E-state index is 12.7. The summed E-state index contributed by atoms with van der Waals surface area (Å²) in [5.74, 6) is -2.86. The Labute approximate surface area is 77.9 Å². The predicted octanol–water partition coefficient (Wildman–Crippen LogP) is 3.26. The van der Waals surface area contributed by atoms with Crippen LogP contribution in [0.15, 0.2) is 16.6 Å². The second-order valence-corrected chi connectivity index (χ2v) is 3.51. The first kappa shape index (κ1) is 9.58. The number of pyridine rings is 1. The van der Waals surface area contributed by atoms with Crippen LogP contribution in [-0.2, 0) is 5.92 Å².